The Morgan fingerprint density at radius 1 is 1.40 bits per heavy atom. The molecule has 0 bridgehead atoms. The lowest BCUT2D eigenvalue weighted by Gasteiger charge is -2.06. The molecule has 2 nitrogen and oxygen atoms in total. The first-order valence-electron chi connectivity index (χ1n) is 4.30. The number of hydrogen-bond acceptors (Lipinski definition) is 2. The second-order valence-corrected chi connectivity index (χ2v) is 2.85. The summed E-state index contributed by atoms with van der Waals surface area (Å²) in [5, 5.41) is 0. The van der Waals surface area contributed by atoms with Crippen molar-refractivity contribution in [3.8, 4) is 5.75 Å². The highest BCUT2D eigenvalue weighted by Crippen LogP contribution is 2.20. The maximum absolute atomic E-state index is 13.1. The second kappa shape index (κ2) is 5.38. The number of halogens is 3. The lowest BCUT2D eigenvalue weighted by molar-refractivity contribution is -0.107. The molecule has 0 aliphatic rings. The van der Waals surface area contributed by atoms with Crippen LogP contribution in [0.25, 0.3) is 0 Å². The van der Waals surface area contributed by atoms with E-state index in [9.17, 15) is 18.0 Å². The maximum atomic E-state index is 13.1. The van der Waals surface area contributed by atoms with Gasteiger partial charge in [0.25, 0.3) is 0 Å². The molecule has 1 rings (SSSR count). The van der Waals surface area contributed by atoms with Crippen LogP contribution in [0.2, 0.25) is 0 Å². The molecule has 0 spiro atoms. The Labute approximate surface area is 84.7 Å². The Bertz CT molecular complexity index is 339. The van der Waals surface area contributed by atoms with Crippen molar-refractivity contribution in [2.24, 2.45) is 0 Å². The van der Waals surface area contributed by atoms with E-state index >= 15 is 0 Å². The van der Waals surface area contributed by atoms with Gasteiger partial charge < -0.3 is 9.53 Å². The van der Waals surface area contributed by atoms with E-state index < -0.39 is 18.2 Å². The van der Waals surface area contributed by atoms with Gasteiger partial charge in [-0.25, -0.2) is 4.39 Å². The fraction of sp³-hybridized carbons (Fsp3) is 0.300. The van der Waals surface area contributed by atoms with Gasteiger partial charge in [0.15, 0.2) is 11.6 Å². The van der Waals surface area contributed by atoms with Crippen LogP contribution in [0.15, 0.2) is 18.2 Å². The topological polar surface area (TPSA) is 26.3 Å². The van der Waals surface area contributed by atoms with Crippen LogP contribution in [0.1, 0.15) is 12.0 Å². The van der Waals surface area contributed by atoms with Gasteiger partial charge in [-0.3, -0.25) is 0 Å². The summed E-state index contributed by atoms with van der Waals surface area (Å²) in [6.07, 6.45) is 1.37. The zero-order chi connectivity index (χ0) is 11.3. The summed E-state index contributed by atoms with van der Waals surface area (Å²) in [7, 11) is 0. The van der Waals surface area contributed by atoms with Gasteiger partial charge in [0.1, 0.15) is 6.29 Å². The third kappa shape index (κ3) is 3.61. The lowest BCUT2D eigenvalue weighted by atomic mass is 10.1. The van der Waals surface area contributed by atoms with E-state index in [0.29, 0.717) is 18.3 Å². The van der Waals surface area contributed by atoms with Crippen LogP contribution in [0, 0.1) is 5.82 Å². The minimum atomic E-state index is -3.04. The zero-order valence-corrected chi connectivity index (χ0v) is 7.75. The highest BCUT2D eigenvalue weighted by atomic mass is 19.3. The quantitative estimate of drug-likeness (QED) is 0.710. The molecule has 0 aliphatic carbocycles. The third-order valence-corrected chi connectivity index (χ3v) is 1.76. The summed E-state index contributed by atoms with van der Waals surface area (Å²) >= 11 is 0. The van der Waals surface area contributed by atoms with Crippen LogP contribution in [-0.4, -0.2) is 12.9 Å². The summed E-state index contributed by atoms with van der Waals surface area (Å²) < 4.78 is 40.6. The van der Waals surface area contributed by atoms with E-state index in [1.54, 1.807) is 0 Å². The molecule has 0 aromatic heterocycles. The summed E-state index contributed by atoms with van der Waals surface area (Å²) in [5.41, 5.74) is 0.571. The van der Waals surface area contributed by atoms with Gasteiger partial charge in [-0.1, -0.05) is 6.07 Å². The number of carbonyl (C=O) groups is 1. The van der Waals surface area contributed by atoms with Crippen molar-refractivity contribution in [2.75, 3.05) is 0 Å². The summed E-state index contributed by atoms with van der Waals surface area (Å²) in [4.78, 5) is 10.1. The Kier molecular flexibility index (Phi) is 4.15. The molecule has 0 atom stereocenters. The van der Waals surface area contributed by atoms with E-state index in [4.69, 9.17) is 0 Å². The molecule has 0 saturated heterocycles. The summed E-state index contributed by atoms with van der Waals surface area (Å²) in [6, 6.07) is 3.66. The molecule has 0 radical (unpaired) electrons. The largest absolute Gasteiger partial charge is 0.432 e. The van der Waals surface area contributed by atoms with Gasteiger partial charge in [-0.05, 0) is 24.1 Å². The molecule has 1 aromatic rings. The number of benzene rings is 1. The predicted octanol–water partition coefficient (Wildman–Crippen LogP) is 2.56. The van der Waals surface area contributed by atoms with Gasteiger partial charge >= 0.3 is 6.61 Å². The van der Waals surface area contributed by atoms with Crippen molar-refractivity contribution in [3.63, 3.8) is 0 Å². The first-order valence-corrected chi connectivity index (χ1v) is 4.30. The molecule has 0 heterocycles. The molecule has 1 aromatic carbocycles. The van der Waals surface area contributed by atoms with E-state index in [0.717, 1.165) is 12.1 Å². The van der Waals surface area contributed by atoms with Crippen molar-refractivity contribution in [1.82, 2.24) is 0 Å². The smallest absolute Gasteiger partial charge is 0.387 e. The highest BCUT2D eigenvalue weighted by molar-refractivity contribution is 5.50. The van der Waals surface area contributed by atoms with Crippen LogP contribution in [-0.2, 0) is 11.2 Å². The van der Waals surface area contributed by atoms with E-state index in [2.05, 4.69) is 4.74 Å². The van der Waals surface area contributed by atoms with E-state index in [-0.39, 0.29) is 6.42 Å². The van der Waals surface area contributed by atoms with Crippen LogP contribution < -0.4 is 4.74 Å². The number of rotatable bonds is 5. The highest BCUT2D eigenvalue weighted by Gasteiger charge is 2.09. The Morgan fingerprint density at radius 3 is 2.67 bits per heavy atom. The molecule has 5 heteroatoms. The van der Waals surface area contributed by atoms with Crippen molar-refractivity contribution in [2.45, 2.75) is 19.5 Å². The molecule has 0 unspecified atom stereocenters. The molecule has 0 amide bonds. The van der Waals surface area contributed by atoms with Crippen molar-refractivity contribution >= 4 is 6.29 Å². The first kappa shape index (κ1) is 11.6. The van der Waals surface area contributed by atoms with E-state index in [1.807, 2.05) is 0 Å². The monoisotopic (exact) mass is 218 g/mol. The van der Waals surface area contributed by atoms with E-state index in [1.165, 1.54) is 6.07 Å². The number of carbonyl (C=O) groups excluding carboxylic acids is 1. The second-order valence-electron chi connectivity index (χ2n) is 2.85. The van der Waals surface area contributed by atoms with Crippen molar-refractivity contribution in [1.29, 1.82) is 0 Å². The predicted molar refractivity (Wildman–Crippen MR) is 47.4 cm³/mol. The Balaban J connectivity index is 2.73. The van der Waals surface area contributed by atoms with Gasteiger partial charge in [-0.15, -0.1) is 0 Å². The number of aldehydes is 1. The average molecular weight is 218 g/mol. The fourth-order valence-electron chi connectivity index (χ4n) is 1.12. The minimum absolute atomic E-state index is 0.272. The molecule has 0 saturated carbocycles. The van der Waals surface area contributed by atoms with Crippen LogP contribution >= 0.6 is 0 Å². The standard InChI is InChI=1S/C10H9F3O2/c11-8-6-7(2-1-5-14)3-4-9(8)15-10(12)13/h3-6,10H,1-2H2. The fourth-order valence-corrected chi connectivity index (χ4v) is 1.12. The van der Waals surface area contributed by atoms with Gasteiger partial charge in [0.05, 0.1) is 0 Å². The number of alkyl halides is 2. The van der Waals surface area contributed by atoms with Crippen molar-refractivity contribution < 1.29 is 22.7 Å². The molecular formula is C10H9F3O2. The molecule has 0 N–H and O–H groups in total. The summed E-state index contributed by atoms with van der Waals surface area (Å²) in [5.74, 6) is -1.33. The number of hydrogen-bond donors (Lipinski definition) is 0. The average Bonchev–Trinajstić information content (AvgIpc) is 2.18. The van der Waals surface area contributed by atoms with Crippen LogP contribution in [0.4, 0.5) is 13.2 Å². The molecule has 82 valence electrons. The number of aryl methyl sites for hydroxylation is 1. The SMILES string of the molecule is O=CCCc1ccc(OC(F)F)c(F)c1. The maximum Gasteiger partial charge on any atom is 0.387 e. The molecule has 0 aliphatic heterocycles. The van der Waals surface area contributed by atoms with Crippen LogP contribution in [0.5, 0.6) is 5.75 Å². The van der Waals surface area contributed by atoms with Gasteiger partial charge in [0, 0.05) is 6.42 Å². The van der Waals surface area contributed by atoms with Crippen LogP contribution in [0.3, 0.4) is 0 Å². The lowest BCUT2D eigenvalue weighted by Crippen LogP contribution is -2.04. The molecule has 0 fully saturated rings. The first-order chi connectivity index (χ1) is 7.13. The van der Waals surface area contributed by atoms with Gasteiger partial charge in [0.2, 0.25) is 0 Å². The minimum Gasteiger partial charge on any atom is -0.432 e. The van der Waals surface area contributed by atoms with Crippen molar-refractivity contribution in [3.05, 3.63) is 29.6 Å². The Morgan fingerprint density at radius 2 is 2.13 bits per heavy atom. The number of ether oxygens (including phenoxy) is 1. The third-order valence-electron chi connectivity index (χ3n) is 1.76. The molecular weight excluding hydrogens is 209 g/mol. The summed E-state index contributed by atoms with van der Waals surface area (Å²) in [6.45, 7) is -3.04. The normalized spacial score (nSPS) is 10.4. The zero-order valence-electron chi connectivity index (χ0n) is 7.75. The van der Waals surface area contributed by atoms with Gasteiger partial charge in [-0.2, -0.15) is 8.78 Å². The Hall–Kier alpha value is -1.52. The molecule has 15 heavy (non-hydrogen) atoms.